The Kier molecular flexibility index (Phi) is 5.37. The van der Waals surface area contributed by atoms with Gasteiger partial charge in [-0.05, 0) is 24.3 Å². The number of anilines is 1. The quantitative estimate of drug-likeness (QED) is 0.394. The largest absolute Gasteiger partial charge is 0.417 e. The summed E-state index contributed by atoms with van der Waals surface area (Å²) in [5.41, 5.74) is 1.49. The number of carbonyl (C=O) groups excluding carboxylic acids is 1. The zero-order chi connectivity index (χ0) is 21.1. The average molecular weight is 424 g/mol. The highest BCUT2D eigenvalue weighted by atomic mass is 32.1. The minimum absolute atomic E-state index is 0.392. The number of aromatic nitrogens is 1. The van der Waals surface area contributed by atoms with E-state index in [2.05, 4.69) is 10.3 Å². The highest BCUT2D eigenvalue weighted by molar-refractivity contribution is 7.13. The molecule has 0 saturated heterocycles. The molecule has 0 aliphatic rings. The summed E-state index contributed by atoms with van der Waals surface area (Å²) in [6.07, 6.45) is -4.61. The lowest BCUT2D eigenvalue weighted by molar-refractivity contribution is -0.137. The number of nitrogens with one attached hydrogen (secondary N) is 1. The van der Waals surface area contributed by atoms with E-state index in [1.165, 1.54) is 23.5 Å². The van der Waals surface area contributed by atoms with Gasteiger partial charge >= 0.3 is 6.18 Å². The SMILES string of the molecule is O=C(Nc1cccc(-c2csc(-c3ccccc3)n2)c1)c1ccccc1C(F)(F)F. The second-order valence-corrected chi connectivity index (χ2v) is 7.34. The first kappa shape index (κ1) is 19.8. The molecular formula is C23H15F3N2OS. The molecule has 1 heterocycles. The Balaban J connectivity index is 1.58. The van der Waals surface area contributed by atoms with Crippen LogP contribution in [0.3, 0.4) is 0 Å². The minimum Gasteiger partial charge on any atom is -0.322 e. The van der Waals surface area contributed by atoms with Gasteiger partial charge in [-0.1, -0.05) is 54.6 Å². The summed E-state index contributed by atoms with van der Waals surface area (Å²) < 4.78 is 39.6. The lowest BCUT2D eigenvalue weighted by Crippen LogP contribution is -2.18. The van der Waals surface area contributed by atoms with Crippen LogP contribution in [-0.2, 0) is 6.18 Å². The van der Waals surface area contributed by atoms with Crippen molar-refractivity contribution in [1.82, 2.24) is 4.98 Å². The number of benzene rings is 3. The predicted octanol–water partition coefficient (Wildman–Crippen LogP) is 6.75. The first-order chi connectivity index (χ1) is 14.4. The molecular weight excluding hydrogens is 409 g/mol. The number of halogens is 3. The highest BCUT2D eigenvalue weighted by Gasteiger charge is 2.34. The van der Waals surface area contributed by atoms with Crippen molar-refractivity contribution in [2.45, 2.75) is 6.18 Å². The molecule has 0 atom stereocenters. The molecule has 1 aromatic heterocycles. The maximum atomic E-state index is 13.2. The van der Waals surface area contributed by atoms with Gasteiger partial charge in [-0.15, -0.1) is 11.3 Å². The van der Waals surface area contributed by atoms with Gasteiger partial charge in [0.1, 0.15) is 5.01 Å². The van der Waals surface area contributed by atoms with Crippen LogP contribution in [0.25, 0.3) is 21.8 Å². The normalized spacial score (nSPS) is 11.3. The first-order valence-electron chi connectivity index (χ1n) is 9.01. The second-order valence-electron chi connectivity index (χ2n) is 6.48. The summed E-state index contributed by atoms with van der Waals surface area (Å²) in [6.45, 7) is 0. The molecule has 7 heteroatoms. The van der Waals surface area contributed by atoms with Gasteiger partial charge in [-0.2, -0.15) is 13.2 Å². The summed E-state index contributed by atoms with van der Waals surface area (Å²) in [5.74, 6) is -0.816. The fourth-order valence-corrected chi connectivity index (χ4v) is 3.84. The zero-order valence-corrected chi connectivity index (χ0v) is 16.3. The van der Waals surface area contributed by atoms with E-state index >= 15 is 0 Å². The standard InChI is InChI=1S/C23H15F3N2OS/c24-23(25,26)19-12-5-4-11-18(19)21(29)27-17-10-6-9-16(13-17)20-14-30-22(28-20)15-7-2-1-3-8-15/h1-14H,(H,27,29). The van der Waals surface area contributed by atoms with Crippen LogP contribution in [-0.4, -0.2) is 10.9 Å². The van der Waals surface area contributed by atoms with Gasteiger partial charge in [0.25, 0.3) is 5.91 Å². The van der Waals surface area contributed by atoms with E-state index in [0.29, 0.717) is 5.69 Å². The third-order valence-electron chi connectivity index (χ3n) is 4.42. The van der Waals surface area contributed by atoms with Crippen LogP contribution in [0.2, 0.25) is 0 Å². The minimum atomic E-state index is -4.61. The van der Waals surface area contributed by atoms with Crippen molar-refractivity contribution in [3.63, 3.8) is 0 Å². The summed E-state index contributed by atoms with van der Waals surface area (Å²) in [7, 11) is 0. The van der Waals surface area contributed by atoms with Crippen LogP contribution in [0.4, 0.5) is 18.9 Å². The first-order valence-corrected chi connectivity index (χ1v) is 9.89. The van der Waals surface area contributed by atoms with Gasteiger partial charge in [0.15, 0.2) is 0 Å². The van der Waals surface area contributed by atoms with Crippen LogP contribution in [0, 0.1) is 0 Å². The molecule has 0 aliphatic heterocycles. The molecule has 0 aliphatic carbocycles. The van der Waals surface area contributed by atoms with Crippen LogP contribution in [0.5, 0.6) is 0 Å². The summed E-state index contributed by atoms with van der Waals surface area (Å²) in [6, 6.07) is 21.3. The number of hydrogen-bond acceptors (Lipinski definition) is 3. The number of rotatable bonds is 4. The molecule has 0 spiro atoms. The van der Waals surface area contributed by atoms with Gasteiger partial charge < -0.3 is 5.32 Å². The number of amides is 1. The van der Waals surface area contributed by atoms with E-state index in [9.17, 15) is 18.0 Å². The third-order valence-corrected chi connectivity index (χ3v) is 5.31. The van der Waals surface area contributed by atoms with Crippen LogP contribution in [0.15, 0.2) is 84.2 Å². The van der Waals surface area contributed by atoms with Crippen molar-refractivity contribution < 1.29 is 18.0 Å². The summed E-state index contributed by atoms with van der Waals surface area (Å²) in [5, 5.41) is 5.32. The van der Waals surface area contributed by atoms with E-state index in [1.54, 1.807) is 18.2 Å². The second kappa shape index (κ2) is 8.12. The number of thiazole rings is 1. The third kappa shape index (κ3) is 4.26. The van der Waals surface area contributed by atoms with Crippen LogP contribution >= 0.6 is 11.3 Å². The molecule has 1 N–H and O–H groups in total. The summed E-state index contributed by atoms with van der Waals surface area (Å²) in [4.78, 5) is 17.1. The fourth-order valence-electron chi connectivity index (χ4n) is 3.00. The zero-order valence-electron chi connectivity index (χ0n) is 15.5. The Morgan fingerprint density at radius 3 is 2.33 bits per heavy atom. The lowest BCUT2D eigenvalue weighted by Gasteiger charge is -2.13. The average Bonchev–Trinajstić information content (AvgIpc) is 3.24. The maximum absolute atomic E-state index is 13.2. The number of carbonyl (C=O) groups is 1. The Morgan fingerprint density at radius 1 is 0.867 bits per heavy atom. The monoisotopic (exact) mass is 424 g/mol. The molecule has 0 saturated carbocycles. The lowest BCUT2D eigenvalue weighted by atomic mass is 10.1. The topological polar surface area (TPSA) is 42.0 Å². The van der Waals surface area contributed by atoms with E-state index in [4.69, 9.17) is 0 Å². The van der Waals surface area contributed by atoms with E-state index in [0.717, 1.165) is 34.0 Å². The van der Waals surface area contributed by atoms with Crippen molar-refractivity contribution in [3.8, 4) is 21.8 Å². The molecule has 3 aromatic carbocycles. The molecule has 0 bridgehead atoms. The molecule has 0 radical (unpaired) electrons. The fraction of sp³-hybridized carbons (Fsp3) is 0.0435. The Hall–Kier alpha value is -3.45. The molecule has 0 fully saturated rings. The predicted molar refractivity (Wildman–Crippen MR) is 112 cm³/mol. The number of alkyl halides is 3. The van der Waals surface area contributed by atoms with Gasteiger partial charge in [-0.25, -0.2) is 4.98 Å². The van der Waals surface area contributed by atoms with Crippen molar-refractivity contribution in [3.05, 3.63) is 95.4 Å². The molecule has 1 amide bonds. The number of hydrogen-bond donors (Lipinski definition) is 1. The molecule has 0 unspecified atom stereocenters. The van der Waals surface area contributed by atoms with Crippen LogP contribution in [0.1, 0.15) is 15.9 Å². The molecule has 150 valence electrons. The highest BCUT2D eigenvalue weighted by Crippen LogP contribution is 2.33. The van der Waals surface area contributed by atoms with Gasteiger partial charge in [0, 0.05) is 22.2 Å². The van der Waals surface area contributed by atoms with Crippen molar-refractivity contribution in [2.75, 3.05) is 5.32 Å². The smallest absolute Gasteiger partial charge is 0.322 e. The van der Waals surface area contributed by atoms with Crippen molar-refractivity contribution in [2.24, 2.45) is 0 Å². The summed E-state index contributed by atoms with van der Waals surface area (Å²) >= 11 is 1.50. The van der Waals surface area contributed by atoms with Gasteiger partial charge in [-0.3, -0.25) is 4.79 Å². The van der Waals surface area contributed by atoms with Gasteiger partial charge in [0.05, 0.1) is 16.8 Å². The maximum Gasteiger partial charge on any atom is 0.417 e. The molecule has 4 aromatic rings. The Morgan fingerprint density at radius 2 is 1.57 bits per heavy atom. The van der Waals surface area contributed by atoms with Crippen LogP contribution < -0.4 is 5.32 Å². The number of nitrogens with zero attached hydrogens (tertiary/aromatic N) is 1. The van der Waals surface area contributed by atoms with E-state index < -0.39 is 23.2 Å². The van der Waals surface area contributed by atoms with Crippen molar-refractivity contribution >= 4 is 22.9 Å². The van der Waals surface area contributed by atoms with Crippen molar-refractivity contribution in [1.29, 1.82) is 0 Å². The Bertz CT molecular complexity index is 1190. The van der Waals surface area contributed by atoms with E-state index in [-0.39, 0.29) is 0 Å². The Labute approximate surface area is 174 Å². The molecule has 4 rings (SSSR count). The molecule has 30 heavy (non-hydrogen) atoms. The van der Waals surface area contributed by atoms with Gasteiger partial charge in [0.2, 0.25) is 0 Å². The van der Waals surface area contributed by atoms with E-state index in [1.807, 2.05) is 41.8 Å². The molecule has 3 nitrogen and oxygen atoms in total.